The fourth-order valence-corrected chi connectivity index (χ4v) is 2.55. The molecule has 0 radical (unpaired) electrons. The normalized spacial score (nSPS) is 18.9. The molecule has 0 aromatic heterocycles. The first kappa shape index (κ1) is 17.3. The van der Waals surface area contributed by atoms with Crippen LogP contribution >= 0.6 is 0 Å². The molecule has 1 rings (SSSR count). The van der Waals surface area contributed by atoms with Crippen LogP contribution in [0.25, 0.3) is 0 Å². The molecule has 1 saturated carbocycles. The van der Waals surface area contributed by atoms with Gasteiger partial charge >= 0.3 is 5.97 Å². The van der Waals surface area contributed by atoms with Gasteiger partial charge in [0.2, 0.25) is 0 Å². The van der Waals surface area contributed by atoms with Crippen LogP contribution in [0.1, 0.15) is 67.2 Å². The maximum absolute atomic E-state index is 11.8. The Hall–Kier alpha value is -0.790. The molecule has 2 nitrogen and oxygen atoms in total. The van der Waals surface area contributed by atoms with Gasteiger partial charge in [0.1, 0.15) is 0 Å². The van der Waals surface area contributed by atoms with Crippen molar-refractivity contribution < 1.29 is 9.53 Å². The summed E-state index contributed by atoms with van der Waals surface area (Å²) in [4.78, 5) is 11.8. The average molecular weight is 280 g/mol. The Bertz CT molecular complexity index is 346. The van der Waals surface area contributed by atoms with E-state index in [0.717, 1.165) is 19.3 Å². The molecule has 0 N–H and O–H groups in total. The molecule has 0 spiro atoms. The van der Waals surface area contributed by atoms with Crippen molar-refractivity contribution in [1.29, 1.82) is 0 Å². The van der Waals surface area contributed by atoms with Crippen LogP contribution in [0.2, 0.25) is 0 Å². The Morgan fingerprint density at radius 3 is 2.35 bits per heavy atom. The second-order valence-electron chi connectivity index (χ2n) is 7.51. The van der Waals surface area contributed by atoms with E-state index >= 15 is 0 Å². The molecule has 1 fully saturated rings. The van der Waals surface area contributed by atoms with Crippen molar-refractivity contribution in [3.05, 3.63) is 11.6 Å². The molecule has 0 amide bonds. The minimum atomic E-state index is 0.0217. The van der Waals surface area contributed by atoms with E-state index in [0.29, 0.717) is 18.4 Å². The van der Waals surface area contributed by atoms with Gasteiger partial charge in [-0.15, -0.1) is 0 Å². The van der Waals surface area contributed by atoms with Gasteiger partial charge in [-0.3, -0.25) is 4.79 Å². The number of hydrogen-bond acceptors (Lipinski definition) is 2. The molecule has 0 aromatic rings. The minimum absolute atomic E-state index is 0.0217. The quantitative estimate of drug-likeness (QED) is 0.485. The van der Waals surface area contributed by atoms with E-state index in [4.69, 9.17) is 4.74 Å². The number of ether oxygens (including phenoxy) is 1. The van der Waals surface area contributed by atoms with Crippen molar-refractivity contribution >= 4 is 5.97 Å². The third-order valence-electron chi connectivity index (χ3n) is 5.01. The van der Waals surface area contributed by atoms with Gasteiger partial charge in [-0.2, -0.15) is 0 Å². The summed E-state index contributed by atoms with van der Waals surface area (Å²) in [5.41, 5.74) is 1.41. The third-order valence-corrected chi connectivity index (χ3v) is 5.01. The highest BCUT2D eigenvalue weighted by molar-refractivity contribution is 5.73. The summed E-state index contributed by atoms with van der Waals surface area (Å²) in [5.74, 6) is 1.33. The standard InChI is InChI=1S/C18H32O2/c1-13(2)10-11-14(3)15(4)18(5,6)12-20-17(19)16-8-7-9-16/h10,14-16H,7-9,11-12H2,1-6H3/t14-,15+/m0/s1. The fourth-order valence-electron chi connectivity index (χ4n) is 2.55. The zero-order valence-corrected chi connectivity index (χ0v) is 14.2. The predicted molar refractivity (Wildman–Crippen MR) is 84.5 cm³/mol. The number of rotatable bonds is 7. The van der Waals surface area contributed by atoms with E-state index in [9.17, 15) is 4.79 Å². The molecule has 2 atom stereocenters. The van der Waals surface area contributed by atoms with Gasteiger partial charge in [0.15, 0.2) is 0 Å². The largest absolute Gasteiger partial charge is 0.465 e. The van der Waals surface area contributed by atoms with Crippen LogP contribution in [0.4, 0.5) is 0 Å². The molecule has 0 saturated heterocycles. The molecule has 0 heterocycles. The van der Waals surface area contributed by atoms with Crippen LogP contribution in [-0.2, 0) is 9.53 Å². The predicted octanol–water partition coefficient (Wildman–Crippen LogP) is 4.98. The van der Waals surface area contributed by atoms with Crippen LogP contribution in [0.15, 0.2) is 11.6 Å². The first-order valence-electron chi connectivity index (χ1n) is 8.04. The van der Waals surface area contributed by atoms with E-state index in [1.807, 2.05) is 0 Å². The van der Waals surface area contributed by atoms with Gasteiger partial charge < -0.3 is 4.74 Å². The number of hydrogen-bond donors (Lipinski definition) is 0. The number of allylic oxidation sites excluding steroid dienone is 2. The Morgan fingerprint density at radius 2 is 1.90 bits per heavy atom. The van der Waals surface area contributed by atoms with Crippen molar-refractivity contribution in [1.82, 2.24) is 0 Å². The van der Waals surface area contributed by atoms with Gasteiger partial charge in [-0.25, -0.2) is 0 Å². The first-order chi connectivity index (χ1) is 9.24. The van der Waals surface area contributed by atoms with Crippen LogP contribution < -0.4 is 0 Å². The molecule has 0 bridgehead atoms. The molecule has 1 aliphatic carbocycles. The summed E-state index contributed by atoms with van der Waals surface area (Å²) >= 11 is 0. The lowest BCUT2D eigenvalue weighted by Gasteiger charge is -2.36. The van der Waals surface area contributed by atoms with E-state index in [2.05, 4.69) is 47.6 Å². The Balaban J connectivity index is 2.44. The number of carbonyl (C=O) groups is 1. The topological polar surface area (TPSA) is 26.3 Å². The van der Waals surface area contributed by atoms with Gasteiger partial charge in [-0.05, 0) is 44.9 Å². The smallest absolute Gasteiger partial charge is 0.308 e. The zero-order valence-electron chi connectivity index (χ0n) is 14.2. The maximum Gasteiger partial charge on any atom is 0.308 e. The third kappa shape index (κ3) is 4.96. The van der Waals surface area contributed by atoms with E-state index < -0.39 is 0 Å². The summed E-state index contributed by atoms with van der Waals surface area (Å²) < 4.78 is 5.55. The van der Waals surface area contributed by atoms with Gasteiger partial charge in [0, 0.05) is 5.41 Å². The molecule has 0 unspecified atom stereocenters. The first-order valence-corrected chi connectivity index (χ1v) is 8.04. The van der Waals surface area contributed by atoms with Crippen LogP contribution in [0.3, 0.4) is 0 Å². The Morgan fingerprint density at radius 1 is 1.30 bits per heavy atom. The van der Waals surface area contributed by atoms with Gasteiger partial charge in [0.05, 0.1) is 12.5 Å². The molecule has 1 aliphatic rings. The molecule has 116 valence electrons. The second kappa shape index (κ2) is 7.28. The summed E-state index contributed by atoms with van der Waals surface area (Å²) in [6.07, 6.45) is 6.62. The fraction of sp³-hybridized carbons (Fsp3) is 0.833. The molecule has 0 aromatic carbocycles. The van der Waals surface area contributed by atoms with Crippen molar-refractivity contribution in [2.45, 2.75) is 67.2 Å². The highest BCUT2D eigenvalue weighted by Gasteiger charge is 2.33. The molecular formula is C18H32O2. The summed E-state index contributed by atoms with van der Waals surface area (Å²) in [6.45, 7) is 13.8. The Kier molecular flexibility index (Phi) is 6.29. The summed E-state index contributed by atoms with van der Waals surface area (Å²) in [7, 11) is 0. The van der Waals surface area contributed by atoms with Crippen LogP contribution in [0, 0.1) is 23.2 Å². The average Bonchev–Trinajstić information content (AvgIpc) is 2.30. The van der Waals surface area contributed by atoms with Crippen LogP contribution in [0.5, 0.6) is 0 Å². The molecule has 0 aliphatic heterocycles. The van der Waals surface area contributed by atoms with Gasteiger partial charge in [-0.1, -0.05) is 45.8 Å². The van der Waals surface area contributed by atoms with Crippen LogP contribution in [-0.4, -0.2) is 12.6 Å². The van der Waals surface area contributed by atoms with E-state index in [1.165, 1.54) is 12.0 Å². The Labute approximate surface area is 125 Å². The SMILES string of the molecule is CC(C)=CC[C@H](C)[C@@H](C)C(C)(C)COC(=O)C1CCC1. The molecular weight excluding hydrogens is 248 g/mol. The highest BCUT2D eigenvalue weighted by atomic mass is 16.5. The van der Waals surface area contributed by atoms with Crippen molar-refractivity contribution in [2.75, 3.05) is 6.61 Å². The van der Waals surface area contributed by atoms with Gasteiger partial charge in [0.25, 0.3) is 0 Å². The zero-order chi connectivity index (χ0) is 15.3. The lowest BCUT2D eigenvalue weighted by atomic mass is 9.73. The van der Waals surface area contributed by atoms with E-state index in [-0.39, 0.29) is 17.3 Å². The lowest BCUT2D eigenvalue weighted by Crippen LogP contribution is -2.34. The van der Waals surface area contributed by atoms with Crippen molar-refractivity contribution in [3.8, 4) is 0 Å². The maximum atomic E-state index is 11.8. The highest BCUT2D eigenvalue weighted by Crippen LogP contribution is 2.35. The summed E-state index contributed by atoms with van der Waals surface area (Å²) in [5, 5.41) is 0. The number of carbonyl (C=O) groups excluding carboxylic acids is 1. The second-order valence-corrected chi connectivity index (χ2v) is 7.51. The van der Waals surface area contributed by atoms with E-state index in [1.54, 1.807) is 0 Å². The monoisotopic (exact) mass is 280 g/mol. The molecule has 20 heavy (non-hydrogen) atoms. The lowest BCUT2D eigenvalue weighted by molar-refractivity contribution is -0.156. The number of esters is 1. The van der Waals surface area contributed by atoms with Crippen molar-refractivity contribution in [2.24, 2.45) is 23.2 Å². The molecule has 2 heteroatoms. The van der Waals surface area contributed by atoms with Crippen molar-refractivity contribution in [3.63, 3.8) is 0 Å². The summed E-state index contributed by atoms with van der Waals surface area (Å²) in [6, 6.07) is 0. The minimum Gasteiger partial charge on any atom is -0.465 e.